The van der Waals surface area contributed by atoms with Gasteiger partial charge in [-0.3, -0.25) is 9.18 Å². The van der Waals surface area contributed by atoms with E-state index in [1.165, 1.54) is 0 Å². The zero-order valence-electron chi connectivity index (χ0n) is 13.5. The lowest BCUT2D eigenvalue weighted by atomic mass is 9.84. The quantitative estimate of drug-likeness (QED) is 0.846. The van der Waals surface area contributed by atoms with Crippen LogP contribution >= 0.6 is 0 Å². The second-order valence-electron chi connectivity index (χ2n) is 6.74. The van der Waals surface area contributed by atoms with Crippen molar-refractivity contribution >= 4 is 12.0 Å². The molecule has 1 aromatic rings. The lowest BCUT2D eigenvalue weighted by Gasteiger charge is -2.28. The maximum absolute atomic E-state index is 13.4. The number of hydrogen-bond donors (Lipinski definition) is 2. The number of carbonyl (C=O) groups is 2. The van der Waals surface area contributed by atoms with Crippen molar-refractivity contribution in [3.8, 4) is 0 Å². The summed E-state index contributed by atoms with van der Waals surface area (Å²) in [5.74, 6) is -0.983. The van der Waals surface area contributed by atoms with Crippen LogP contribution in [0.1, 0.15) is 25.8 Å². The zero-order valence-corrected chi connectivity index (χ0v) is 13.5. The van der Waals surface area contributed by atoms with Gasteiger partial charge in [-0.05, 0) is 25.8 Å². The minimum atomic E-state index is -1.14. The average Bonchev–Trinajstić information content (AvgIpc) is 2.75. The molecule has 0 aliphatic carbocycles. The van der Waals surface area contributed by atoms with Crippen molar-refractivity contribution in [1.29, 1.82) is 0 Å². The number of benzene rings is 1. The molecule has 0 aromatic heterocycles. The van der Waals surface area contributed by atoms with Crippen LogP contribution in [0.25, 0.3) is 0 Å². The van der Waals surface area contributed by atoms with E-state index in [0.29, 0.717) is 13.1 Å². The normalized spacial score (nSPS) is 21.5. The van der Waals surface area contributed by atoms with Gasteiger partial charge in [0, 0.05) is 30.5 Å². The Balaban J connectivity index is 2.08. The molecule has 5 nitrogen and oxygen atoms in total. The van der Waals surface area contributed by atoms with Crippen LogP contribution in [0.5, 0.6) is 0 Å². The van der Waals surface area contributed by atoms with Crippen molar-refractivity contribution in [1.82, 2.24) is 10.2 Å². The van der Waals surface area contributed by atoms with E-state index in [1.807, 2.05) is 30.3 Å². The first-order valence-corrected chi connectivity index (χ1v) is 7.72. The number of nitrogens with zero attached hydrogens (tertiary/aromatic N) is 1. The predicted molar refractivity (Wildman–Crippen MR) is 84.7 cm³/mol. The molecule has 0 saturated carbocycles. The number of hydrogen-bond acceptors (Lipinski definition) is 2. The summed E-state index contributed by atoms with van der Waals surface area (Å²) in [5, 5.41) is 11.3. The van der Waals surface area contributed by atoms with Crippen LogP contribution in [0.2, 0.25) is 0 Å². The van der Waals surface area contributed by atoms with Gasteiger partial charge < -0.3 is 15.3 Å². The first-order valence-electron chi connectivity index (χ1n) is 7.72. The molecule has 0 bridgehead atoms. The molecule has 0 radical (unpaired) electrons. The fraction of sp³-hybridized carbons (Fsp3) is 0.529. The highest BCUT2D eigenvalue weighted by molar-refractivity contribution is 5.81. The Morgan fingerprint density at radius 1 is 1.39 bits per heavy atom. The molecule has 1 aromatic carbocycles. The fourth-order valence-electron chi connectivity index (χ4n) is 3.18. The molecule has 1 aliphatic heterocycles. The Hall–Kier alpha value is -2.11. The first-order chi connectivity index (χ1) is 10.8. The Morgan fingerprint density at radius 3 is 2.61 bits per heavy atom. The first kappa shape index (κ1) is 17.2. The molecular formula is C17H23FN2O3. The highest BCUT2D eigenvalue weighted by Crippen LogP contribution is 2.33. The number of halogens is 1. The Bertz CT molecular complexity index is 562. The van der Waals surface area contributed by atoms with Crippen LogP contribution in [0, 0.1) is 11.8 Å². The third-order valence-corrected chi connectivity index (χ3v) is 4.24. The minimum Gasteiger partial charge on any atom is -0.465 e. The molecule has 2 rings (SSSR count). The average molecular weight is 322 g/mol. The van der Waals surface area contributed by atoms with E-state index in [1.54, 1.807) is 18.7 Å². The largest absolute Gasteiger partial charge is 0.465 e. The van der Waals surface area contributed by atoms with Gasteiger partial charge in [0.1, 0.15) is 0 Å². The van der Waals surface area contributed by atoms with Crippen molar-refractivity contribution in [3.05, 3.63) is 35.9 Å². The molecule has 6 heteroatoms. The summed E-state index contributed by atoms with van der Waals surface area (Å²) in [4.78, 5) is 25.1. The maximum atomic E-state index is 13.4. The smallest absolute Gasteiger partial charge is 0.405 e. The highest BCUT2D eigenvalue weighted by atomic mass is 19.1. The summed E-state index contributed by atoms with van der Waals surface area (Å²) in [6.45, 7) is 3.68. The number of carbonyl (C=O) groups excluding carboxylic acids is 1. The lowest BCUT2D eigenvalue weighted by molar-refractivity contribution is -0.132. The molecule has 0 spiro atoms. The van der Waals surface area contributed by atoms with E-state index >= 15 is 0 Å². The zero-order chi connectivity index (χ0) is 17.0. The van der Waals surface area contributed by atoms with Crippen LogP contribution < -0.4 is 5.32 Å². The van der Waals surface area contributed by atoms with Gasteiger partial charge >= 0.3 is 6.09 Å². The number of carboxylic acid groups (broad SMARTS) is 1. The van der Waals surface area contributed by atoms with Gasteiger partial charge in [-0.1, -0.05) is 30.3 Å². The van der Waals surface area contributed by atoms with E-state index in [9.17, 15) is 14.0 Å². The van der Waals surface area contributed by atoms with Crippen LogP contribution in [-0.4, -0.2) is 40.8 Å². The molecule has 23 heavy (non-hydrogen) atoms. The molecule has 126 valence electrons. The van der Waals surface area contributed by atoms with Crippen molar-refractivity contribution in [2.24, 2.45) is 11.8 Å². The van der Waals surface area contributed by atoms with Crippen LogP contribution in [0.4, 0.5) is 9.18 Å². The molecule has 1 fully saturated rings. The standard InChI is InChI=1S/C17H23FN2O3/c1-17(2,19-16(22)23)8-14-13(9-18)11-20(15(14)21)10-12-6-4-3-5-7-12/h3-7,13-14,19H,8-11H2,1-2H3,(H,22,23). The van der Waals surface area contributed by atoms with E-state index in [2.05, 4.69) is 5.32 Å². The van der Waals surface area contributed by atoms with Gasteiger partial charge in [0.15, 0.2) is 0 Å². The van der Waals surface area contributed by atoms with Crippen LogP contribution in [0.15, 0.2) is 30.3 Å². The molecule has 2 amide bonds. The summed E-state index contributed by atoms with van der Waals surface area (Å²) in [5.41, 5.74) is 0.226. The number of amides is 2. The number of nitrogens with one attached hydrogen (secondary N) is 1. The number of alkyl halides is 1. The third kappa shape index (κ3) is 4.43. The summed E-state index contributed by atoms with van der Waals surface area (Å²) in [6.07, 6.45) is -0.851. The third-order valence-electron chi connectivity index (χ3n) is 4.24. The monoisotopic (exact) mass is 322 g/mol. The van der Waals surface area contributed by atoms with Gasteiger partial charge in [-0.25, -0.2) is 4.79 Å². The highest BCUT2D eigenvalue weighted by Gasteiger charge is 2.43. The Morgan fingerprint density at radius 2 is 2.04 bits per heavy atom. The van der Waals surface area contributed by atoms with Crippen molar-refractivity contribution in [2.75, 3.05) is 13.2 Å². The molecule has 2 N–H and O–H groups in total. The summed E-state index contributed by atoms with van der Waals surface area (Å²) in [6, 6.07) is 9.57. The van der Waals surface area contributed by atoms with Crippen molar-refractivity contribution in [2.45, 2.75) is 32.4 Å². The van der Waals surface area contributed by atoms with Crippen molar-refractivity contribution in [3.63, 3.8) is 0 Å². The molecule has 1 aliphatic rings. The molecule has 1 heterocycles. The maximum Gasteiger partial charge on any atom is 0.405 e. The van der Waals surface area contributed by atoms with Crippen molar-refractivity contribution < 1.29 is 19.1 Å². The lowest BCUT2D eigenvalue weighted by Crippen LogP contribution is -2.45. The van der Waals surface area contributed by atoms with Gasteiger partial charge in [0.25, 0.3) is 0 Å². The van der Waals surface area contributed by atoms with Crippen LogP contribution in [0.3, 0.4) is 0 Å². The topological polar surface area (TPSA) is 69.6 Å². The molecule has 2 unspecified atom stereocenters. The van der Waals surface area contributed by atoms with E-state index in [4.69, 9.17) is 5.11 Å². The van der Waals surface area contributed by atoms with Gasteiger partial charge in [-0.2, -0.15) is 0 Å². The SMILES string of the molecule is CC(C)(CC1C(=O)N(Cc2ccccc2)CC1CF)NC(=O)O. The summed E-state index contributed by atoms with van der Waals surface area (Å²) >= 11 is 0. The second kappa shape index (κ2) is 6.98. The van der Waals surface area contributed by atoms with E-state index < -0.39 is 24.2 Å². The Labute approximate surface area is 135 Å². The number of rotatable bonds is 6. The second-order valence-corrected chi connectivity index (χ2v) is 6.74. The summed E-state index contributed by atoms with van der Waals surface area (Å²) in [7, 11) is 0. The predicted octanol–water partition coefficient (Wildman–Crippen LogP) is 2.67. The molecule has 2 atom stereocenters. The fourth-order valence-corrected chi connectivity index (χ4v) is 3.18. The minimum absolute atomic E-state index is 0.100. The number of likely N-dealkylation sites (tertiary alicyclic amines) is 1. The van der Waals surface area contributed by atoms with Gasteiger partial charge in [-0.15, -0.1) is 0 Å². The Kier molecular flexibility index (Phi) is 5.23. The molecular weight excluding hydrogens is 299 g/mol. The molecule has 1 saturated heterocycles. The summed E-state index contributed by atoms with van der Waals surface area (Å²) < 4.78 is 13.4. The van der Waals surface area contributed by atoms with Gasteiger partial charge in [0.2, 0.25) is 5.91 Å². The van der Waals surface area contributed by atoms with Crippen LogP contribution in [-0.2, 0) is 11.3 Å². The van der Waals surface area contributed by atoms with E-state index in [-0.39, 0.29) is 18.2 Å². The van der Waals surface area contributed by atoms with Gasteiger partial charge in [0.05, 0.1) is 6.67 Å². The van der Waals surface area contributed by atoms with E-state index in [0.717, 1.165) is 5.56 Å².